The Morgan fingerprint density at radius 3 is 2.67 bits per heavy atom. The van der Waals surface area contributed by atoms with Crippen LogP contribution in [0.1, 0.15) is 37.0 Å². The SMILES string of the molecule is CC1(C)CCCN(C(=O)c2cnc(Cl)c(Cl)c2)C1C(=O)O. The zero-order chi connectivity index (χ0) is 15.8. The highest BCUT2D eigenvalue weighted by Crippen LogP contribution is 2.36. The van der Waals surface area contributed by atoms with Gasteiger partial charge in [-0.15, -0.1) is 0 Å². The van der Waals surface area contributed by atoms with E-state index >= 15 is 0 Å². The van der Waals surface area contributed by atoms with Crippen LogP contribution in [0.4, 0.5) is 0 Å². The average Bonchev–Trinajstić information content (AvgIpc) is 2.39. The first-order valence-electron chi connectivity index (χ1n) is 6.59. The Balaban J connectivity index is 2.35. The molecule has 21 heavy (non-hydrogen) atoms. The predicted octanol–water partition coefficient (Wildman–Crippen LogP) is 3.10. The largest absolute Gasteiger partial charge is 0.480 e. The van der Waals surface area contributed by atoms with Crippen LogP contribution in [0, 0.1) is 5.41 Å². The third-order valence-electron chi connectivity index (χ3n) is 3.81. The van der Waals surface area contributed by atoms with Gasteiger partial charge in [-0.1, -0.05) is 37.0 Å². The van der Waals surface area contributed by atoms with E-state index < -0.39 is 17.4 Å². The fourth-order valence-corrected chi connectivity index (χ4v) is 3.05. The van der Waals surface area contributed by atoms with E-state index in [0.29, 0.717) is 6.54 Å². The van der Waals surface area contributed by atoms with Crippen molar-refractivity contribution in [2.24, 2.45) is 5.41 Å². The zero-order valence-corrected chi connectivity index (χ0v) is 13.3. The minimum absolute atomic E-state index is 0.113. The number of carbonyl (C=O) groups is 2. The normalized spacial score (nSPS) is 21.1. The number of rotatable bonds is 2. The monoisotopic (exact) mass is 330 g/mol. The highest BCUT2D eigenvalue weighted by Gasteiger charge is 2.44. The first kappa shape index (κ1) is 16.0. The number of piperidine rings is 1. The molecule has 0 saturated carbocycles. The number of carboxylic acids is 1. The summed E-state index contributed by atoms with van der Waals surface area (Å²) in [5.74, 6) is -1.39. The van der Waals surface area contributed by atoms with E-state index in [2.05, 4.69) is 4.98 Å². The molecule has 0 aromatic carbocycles. The Kier molecular flexibility index (Phi) is 4.44. The Labute approximate surface area is 132 Å². The second-order valence-corrected chi connectivity index (χ2v) is 6.59. The van der Waals surface area contributed by atoms with Crippen molar-refractivity contribution in [3.8, 4) is 0 Å². The third kappa shape index (κ3) is 3.14. The molecule has 7 heteroatoms. The molecule has 1 aromatic rings. The van der Waals surface area contributed by atoms with Crippen molar-refractivity contribution in [2.45, 2.75) is 32.7 Å². The van der Waals surface area contributed by atoms with Gasteiger partial charge < -0.3 is 10.0 Å². The molecular formula is C14H16Cl2N2O3. The lowest BCUT2D eigenvalue weighted by Crippen LogP contribution is -2.56. The summed E-state index contributed by atoms with van der Waals surface area (Å²) in [6.07, 6.45) is 2.84. The predicted molar refractivity (Wildman–Crippen MR) is 79.7 cm³/mol. The number of carbonyl (C=O) groups excluding carboxylic acids is 1. The molecule has 0 aliphatic carbocycles. The van der Waals surface area contributed by atoms with Crippen molar-refractivity contribution >= 4 is 35.1 Å². The fraction of sp³-hybridized carbons (Fsp3) is 0.500. The van der Waals surface area contributed by atoms with E-state index in [0.717, 1.165) is 12.8 Å². The number of amides is 1. The lowest BCUT2D eigenvalue weighted by Gasteiger charge is -2.43. The van der Waals surface area contributed by atoms with Gasteiger partial charge in [-0.2, -0.15) is 0 Å². The smallest absolute Gasteiger partial charge is 0.326 e. The number of likely N-dealkylation sites (tertiary alicyclic amines) is 1. The third-order valence-corrected chi connectivity index (χ3v) is 4.50. The summed E-state index contributed by atoms with van der Waals surface area (Å²) in [6.45, 7) is 4.12. The Bertz CT molecular complexity index is 590. The highest BCUT2D eigenvalue weighted by molar-refractivity contribution is 6.41. The van der Waals surface area contributed by atoms with E-state index in [4.69, 9.17) is 23.2 Å². The molecule has 1 aromatic heterocycles. The maximum absolute atomic E-state index is 12.6. The van der Waals surface area contributed by atoms with E-state index in [-0.39, 0.29) is 21.6 Å². The molecule has 114 valence electrons. The van der Waals surface area contributed by atoms with Gasteiger partial charge in [-0.25, -0.2) is 9.78 Å². The van der Waals surface area contributed by atoms with E-state index in [1.165, 1.54) is 17.2 Å². The average molecular weight is 331 g/mol. The van der Waals surface area contributed by atoms with Gasteiger partial charge >= 0.3 is 5.97 Å². The molecule has 1 aliphatic heterocycles. The van der Waals surface area contributed by atoms with Gasteiger partial charge in [0.15, 0.2) is 0 Å². The van der Waals surface area contributed by atoms with Gasteiger partial charge in [0, 0.05) is 12.7 Å². The molecule has 1 aliphatic rings. The molecule has 0 bridgehead atoms. The Morgan fingerprint density at radius 1 is 1.43 bits per heavy atom. The van der Waals surface area contributed by atoms with Crippen LogP contribution in [0.5, 0.6) is 0 Å². The van der Waals surface area contributed by atoms with Crippen LogP contribution >= 0.6 is 23.2 Å². The molecule has 0 spiro atoms. The van der Waals surface area contributed by atoms with E-state index in [9.17, 15) is 14.7 Å². The van der Waals surface area contributed by atoms with Gasteiger partial charge in [-0.3, -0.25) is 4.79 Å². The van der Waals surface area contributed by atoms with Crippen LogP contribution in [-0.4, -0.2) is 39.5 Å². The molecule has 1 saturated heterocycles. The minimum Gasteiger partial charge on any atom is -0.480 e. The molecule has 1 fully saturated rings. The summed E-state index contributed by atoms with van der Waals surface area (Å²) in [4.78, 5) is 29.4. The van der Waals surface area contributed by atoms with Crippen LogP contribution < -0.4 is 0 Å². The number of pyridine rings is 1. The first-order chi connectivity index (χ1) is 9.74. The summed E-state index contributed by atoms with van der Waals surface area (Å²) in [5.41, 5.74) is -0.239. The zero-order valence-electron chi connectivity index (χ0n) is 11.8. The second kappa shape index (κ2) is 5.81. The van der Waals surface area contributed by atoms with Crippen molar-refractivity contribution in [3.63, 3.8) is 0 Å². The molecule has 2 rings (SSSR count). The Hall–Kier alpha value is -1.33. The van der Waals surface area contributed by atoms with Crippen LogP contribution in [0.25, 0.3) is 0 Å². The summed E-state index contributed by atoms with van der Waals surface area (Å²) in [5, 5.41) is 9.77. The first-order valence-corrected chi connectivity index (χ1v) is 7.34. The van der Waals surface area contributed by atoms with Gasteiger partial charge in [0.05, 0.1) is 10.6 Å². The molecule has 0 radical (unpaired) electrons. The summed E-state index contributed by atoms with van der Waals surface area (Å²) in [7, 11) is 0. The molecule has 1 atom stereocenters. The summed E-state index contributed by atoms with van der Waals surface area (Å²) in [6, 6.07) is 0.549. The van der Waals surface area contributed by atoms with Crippen molar-refractivity contribution in [3.05, 3.63) is 28.0 Å². The maximum Gasteiger partial charge on any atom is 0.326 e. The molecular weight excluding hydrogens is 315 g/mol. The topological polar surface area (TPSA) is 70.5 Å². The number of halogens is 2. The van der Waals surface area contributed by atoms with Gasteiger partial charge in [-0.05, 0) is 24.3 Å². The lowest BCUT2D eigenvalue weighted by atomic mass is 9.76. The molecule has 1 unspecified atom stereocenters. The van der Waals surface area contributed by atoms with Crippen molar-refractivity contribution in [1.82, 2.24) is 9.88 Å². The number of hydrogen-bond acceptors (Lipinski definition) is 3. The molecule has 1 amide bonds. The van der Waals surface area contributed by atoms with Crippen molar-refractivity contribution in [2.75, 3.05) is 6.54 Å². The van der Waals surface area contributed by atoms with Gasteiger partial charge in [0.1, 0.15) is 11.2 Å². The van der Waals surface area contributed by atoms with Crippen LogP contribution in [0.2, 0.25) is 10.2 Å². The molecule has 2 heterocycles. The Morgan fingerprint density at radius 2 is 2.10 bits per heavy atom. The van der Waals surface area contributed by atoms with Crippen molar-refractivity contribution < 1.29 is 14.7 Å². The number of nitrogens with zero attached hydrogens (tertiary/aromatic N) is 2. The standard InChI is InChI=1S/C14H16Cl2N2O3/c1-14(2)4-3-5-18(10(14)13(20)21)12(19)8-6-9(15)11(16)17-7-8/h6-7,10H,3-5H2,1-2H3,(H,20,21). The maximum atomic E-state index is 12.6. The van der Waals surface area contributed by atoms with Crippen LogP contribution in [0.15, 0.2) is 12.3 Å². The summed E-state index contributed by atoms with van der Waals surface area (Å²) < 4.78 is 0. The van der Waals surface area contributed by atoms with Gasteiger partial charge in [0.25, 0.3) is 5.91 Å². The molecule has 1 N–H and O–H groups in total. The van der Waals surface area contributed by atoms with Crippen LogP contribution in [0.3, 0.4) is 0 Å². The van der Waals surface area contributed by atoms with E-state index in [1.807, 2.05) is 13.8 Å². The summed E-state index contributed by atoms with van der Waals surface area (Å²) >= 11 is 11.6. The highest BCUT2D eigenvalue weighted by atomic mass is 35.5. The van der Waals surface area contributed by atoms with Gasteiger partial charge in [0.2, 0.25) is 0 Å². The van der Waals surface area contributed by atoms with E-state index in [1.54, 1.807) is 0 Å². The van der Waals surface area contributed by atoms with Crippen molar-refractivity contribution in [1.29, 1.82) is 0 Å². The second-order valence-electron chi connectivity index (χ2n) is 5.83. The van der Waals surface area contributed by atoms with Crippen LogP contribution in [-0.2, 0) is 4.79 Å². The fourth-order valence-electron chi connectivity index (χ4n) is 2.78. The lowest BCUT2D eigenvalue weighted by molar-refractivity contribution is -0.148. The number of aromatic nitrogens is 1. The number of carboxylic acid groups (broad SMARTS) is 1. The quantitative estimate of drug-likeness (QED) is 0.846. The minimum atomic E-state index is -0.999. The number of aliphatic carboxylic acids is 1. The number of hydrogen-bond donors (Lipinski definition) is 1. The molecule has 5 nitrogen and oxygen atoms in total.